The molecule has 3 nitrogen and oxygen atoms in total. The van der Waals surface area contributed by atoms with E-state index in [1.54, 1.807) is 0 Å². The summed E-state index contributed by atoms with van der Waals surface area (Å²) in [7, 11) is 0. The number of hydrogen-bond acceptors (Lipinski definition) is 3. The first kappa shape index (κ1) is 13.7. The van der Waals surface area contributed by atoms with E-state index in [0.717, 1.165) is 18.6 Å². The Balaban J connectivity index is 1.50. The van der Waals surface area contributed by atoms with Gasteiger partial charge in [0.05, 0.1) is 6.10 Å². The summed E-state index contributed by atoms with van der Waals surface area (Å²) < 4.78 is 5.99. The molecule has 0 bridgehead atoms. The fourth-order valence-electron chi connectivity index (χ4n) is 3.33. The van der Waals surface area contributed by atoms with E-state index in [1.165, 1.54) is 44.2 Å². The SMILES string of the molecule is NC1CCC(Nc2ccc(OC3CCCC3)cc2)CC1. The first-order chi connectivity index (χ1) is 9.79. The van der Waals surface area contributed by atoms with Gasteiger partial charge in [-0.1, -0.05) is 0 Å². The molecule has 2 aliphatic rings. The fourth-order valence-corrected chi connectivity index (χ4v) is 3.33. The number of benzene rings is 1. The summed E-state index contributed by atoms with van der Waals surface area (Å²) in [6.07, 6.45) is 10.1. The van der Waals surface area contributed by atoms with E-state index in [1.807, 2.05) is 0 Å². The predicted octanol–water partition coefficient (Wildman–Crippen LogP) is 3.69. The van der Waals surface area contributed by atoms with Crippen LogP contribution >= 0.6 is 0 Å². The van der Waals surface area contributed by atoms with Crippen LogP contribution in [-0.4, -0.2) is 18.2 Å². The minimum Gasteiger partial charge on any atom is -0.490 e. The molecule has 3 rings (SSSR count). The molecule has 0 saturated heterocycles. The number of nitrogens with one attached hydrogen (secondary N) is 1. The van der Waals surface area contributed by atoms with Crippen LogP contribution in [0.4, 0.5) is 5.69 Å². The van der Waals surface area contributed by atoms with Crippen LogP contribution < -0.4 is 15.8 Å². The molecule has 0 radical (unpaired) electrons. The smallest absolute Gasteiger partial charge is 0.119 e. The Hall–Kier alpha value is -1.22. The number of ether oxygens (including phenoxy) is 1. The van der Waals surface area contributed by atoms with E-state index in [9.17, 15) is 0 Å². The van der Waals surface area contributed by atoms with Gasteiger partial charge in [0.15, 0.2) is 0 Å². The number of hydrogen-bond donors (Lipinski definition) is 2. The van der Waals surface area contributed by atoms with Crippen molar-refractivity contribution in [3.8, 4) is 5.75 Å². The lowest BCUT2D eigenvalue weighted by molar-refractivity contribution is 0.210. The molecular formula is C17H26N2O. The van der Waals surface area contributed by atoms with E-state index in [0.29, 0.717) is 18.2 Å². The normalized spacial score (nSPS) is 27.4. The first-order valence-corrected chi connectivity index (χ1v) is 8.08. The topological polar surface area (TPSA) is 47.3 Å². The molecule has 0 spiro atoms. The Labute approximate surface area is 121 Å². The second kappa shape index (κ2) is 6.49. The van der Waals surface area contributed by atoms with Gasteiger partial charge < -0.3 is 15.8 Å². The maximum atomic E-state index is 5.99. The average Bonchev–Trinajstić information content (AvgIpc) is 2.96. The largest absolute Gasteiger partial charge is 0.490 e. The Morgan fingerprint density at radius 2 is 1.55 bits per heavy atom. The van der Waals surface area contributed by atoms with Crippen molar-refractivity contribution in [3.05, 3.63) is 24.3 Å². The molecule has 0 unspecified atom stereocenters. The molecule has 0 aromatic heterocycles. The molecule has 20 heavy (non-hydrogen) atoms. The van der Waals surface area contributed by atoms with E-state index >= 15 is 0 Å². The highest BCUT2D eigenvalue weighted by Crippen LogP contribution is 2.26. The molecule has 2 fully saturated rings. The second-order valence-electron chi connectivity index (χ2n) is 6.30. The van der Waals surface area contributed by atoms with Gasteiger partial charge in [0.2, 0.25) is 0 Å². The van der Waals surface area contributed by atoms with Crippen LogP contribution in [0.5, 0.6) is 5.75 Å². The Morgan fingerprint density at radius 3 is 2.20 bits per heavy atom. The van der Waals surface area contributed by atoms with Crippen LogP contribution in [0.15, 0.2) is 24.3 Å². The van der Waals surface area contributed by atoms with E-state index < -0.39 is 0 Å². The van der Waals surface area contributed by atoms with Gasteiger partial charge in [-0.05, 0) is 75.6 Å². The van der Waals surface area contributed by atoms with Gasteiger partial charge in [-0.2, -0.15) is 0 Å². The van der Waals surface area contributed by atoms with Crippen molar-refractivity contribution in [3.63, 3.8) is 0 Å². The van der Waals surface area contributed by atoms with Crippen LogP contribution in [0, 0.1) is 0 Å². The minimum absolute atomic E-state index is 0.412. The molecule has 3 heteroatoms. The summed E-state index contributed by atoms with van der Waals surface area (Å²) in [5.74, 6) is 1.01. The zero-order valence-corrected chi connectivity index (χ0v) is 12.2. The van der Waals surface area contributed by atoms with Gasteiger partial charge in [-0.3, -0.25) is 0 Å². The zero-order chi connectivity index (χ0) is 13.8. The van der Waals surface area contributed by atoms with E-state index in [2.05, 4.69) is 29.6 Å². The van der Waals surface area contributed by atoms with Crippen molar-refractivity contribution < 1.29 is 4.74 Å². The molecule has 2 saturated carbocycles. The van der Waals surface area contributed by atoms with Crippen molar-refractivity contribution in [2.45, 2.75) is 69.6 Å². The lowest BCUT2D eigenvalue weighted by Gasteiger charge is -2.27. The molecule has 110 valence electrons. The van der Waals surface area contributed by atoms with Crippen molar-refractivity contribution >= 4 is 5.69 Å². The molecule has 0 atom stereocenters. The van der Waals surface area contributed by atoms with Crippen molar-refractivity contribution in [2.24, 2.45) is 5.73 Å². The highest BCUT2D eigenvalue weighted by atomic mass is 16.5. The summed E-state index contributed by atoms with van der Waals surface area (Å²) >= 11 is 0. The van der Waals surface area contributed by atoms with E-state index in [4.69, 9.17) is 10.5 Å². The van der Waals surface area contributed by atoms with Crippen LogP contribution in [0.25, 0.3) is 0 Å². The van der Waals surface area contributed by atoms with Crippen LogP contribution in [0.1, 0.15) is 51.4 Å². The third-order valence-electron chi connectivity index (χ3n) is 4.60. The van der Waals surface area contributed by atoms with Gasteiger partial charge in [-0.15, -0.1) is 0 Å². The third kappa shape index (κ3) is 3.66. The van der Waals surface area contributed by atoms with E-state index in [-0.39, 0.29) is 0 Å². The predicted molar refractivity (Wildman–Crippen MR) is 83.2 cm³/mol. The van der Waals surface area contributed by atoms with Crippen LogP contribution in [0.2, 0.25) is 0 Å². The quantitative estimate of drug-likeness (QED) is 0.880. The molecule has 1 aromatic carbocycles. The molecule has 3 N–H and O–H groups in total. The number of nitrogens with two attached hydrogens (primary N) is 1. The van der Waals surface area contributed by atoms with Gasteiger partial charge in [0.25, 0.3) is 0 Å². The van der Waals surface area contributed by atoms with Crippen LogP contribution in [0.3, 0.4) is 0 Å². The maximum absolute atomic E-state index is 5.99. The van der Waals surface area contributed by atoms with Crippen molar-refractivity contribution in [1.29, 1.82) is 0 Å². The second-order valence-corrected chi connectivity index (χ2v) is 6.30. The van der Waals surface area contributed by atoms with Gasteiger partial charge in [0.1, 0.15) is 5.75 Å². The minimum atomic E-state index is 0.412. The highest BCUT2D eigenvalue weighted by Gasteiger charge is 2.18. The number of rotatable bonds is 4. The lowest BCUT2D eigenvalue weighted by Crippen LogP contribution is -2.32. The van der Waals surface area contributed by atoms with Crippen LogP contribution in [-0.2, 0) is 0 Å². The Bertz CT molecular complexity index is 404. The monoisotopic (exact) mass is 274 g/mol. The van der Waals surface area contributed by atoms with Crippen molar-refractivity contribution in [1.82, 2.24) is 0 Å². The average molecular weight is 274 g/mol. The lowest BCUT2D eigenvalue weighted by atomic mass is 9.92. The summed E-state index contributed by atoms with van der Waals surface area (Å²) in [6.45, 7) is 0. The summed E-state index contributed by atoms with van der Waals surface area (Å²) in [5.41, 5.74) is 7.14. The number of anilines is 1. The molecule has 2 aliphatic carbocycles. The zero-order valence-electron chi connectivity index (χ0n) is 12.2. The standard InChI is InChI=1S/C17H26N2O/c18-13-5-7-14(8-6-13)19-15-9-11-17(12-10-15)20-16-3-1-2-4-16/h9-14,16,19H,1-8,18H2. The van der Waals surface area contributed by atoms with Gasteiger partial charge in [0, 0.05) is 17.8 Å². The van der Waals surface area contributed by atoms with Gasteiger partial charge in [-0.25, -0.2) is 0 Å². The molecule has 0 aliphatic heterocycles. The third-order valence-corrected chi connectivity index (χ3v) is 4.60. The Kier molecular flexibility index (Phi) is 4.46. The molecule has 0 amide bonds. The summed E-state index contributed by atoms with van der Waals surface area (Å²) in [4.78, 5) is 0. The molecule has 0 heterocycles. The molecular weight excluding hydrogens is 248 g/mol. The van der Waals surface area contributed by atoms with Crippen molar-refractivity contribution in [2.75, 3.05) is 5.32 Å². The fraction of sp³-hybridized carbons (Fsp3) is 0.647. The molecule has 1 aromatic rings. The summed E-state index contributed by atoms with van der Waals surface area (Å²) in [5, 5.41) is 3.61. The Morgan fingerprint density at radius 1 is 0.900 bits per heavy atom. The van der Waals surface area contributed by atoms with Gasteiger partial charge >= 0.3 is 0 Å². The maximum Gasteiger partial charge on any atom is 0.119 e. The highest BCUT2D eigenvalue weighted by molar-refractivity contribution is 5.47. The summed E-state index contributed by atoms with van der Waals surface area (Å²) in [6, 6.07) is 9.45. The first-order valence-electron chi connectivity index (χ1n) is 8.08.